The molecule has 218 valence electrons. The molecular weight excluding hydrogens is 538 g/mol. The quantitative estimate of drug-likeness (QED) is 0.141. The fourth-order valence-electron chi connectivity index (χ4n) is 4.13. The van der Waals surface area contributed by atoms with Crippen molar-refractivity contribution in [2.75, 3.05) is 64.5 Å². The van der Waals surface area contributed by atoms with E-state index in [1.54, 1.807) is 25.6 Å². The zero-order chi connectivity index (χ0) is 28.9. The van der Waals surface area contributed by atoms with E-state index in [1.165, 1.54) is 0 Å². The molecule has 0 aliphatic carbocycles. The predicted octanol–water partition coefficient (Wildman–Crippen LogP) is 6.05. The molecular formula is C32H39N3O5S. The lowest BCUT2D eigenvalue weighted by Crippen LogP contribution is -2.22. The lowest BCUT2D eigenvalue weighted by molar-refractivity contribution is 0.0873. The molecule has 4 aromatic rings. The number of aromatic nitrogens is 1. The monoisotopic (exact) mass is 577 g/mol. The summed E-state index contributed by atoms with van der Waals surface area (Å²) < 4.78 is 28.1. The molecule has 0 fully saturated rings. The van der Waals surface area contributed by atoms with Gasteiger partial charge in [0, 0.05) is 51.4 Å². The number of thiazole rings is 1. The zero-order valence-corrected chi connectivity index (χ0v) is 25.1. The maximum Gasteiger partial charge on any atom is 0.186 e. The van der Waals surface area contributed by atoms with Crippen molar-refractivity contribution in [2.24, 2.45) is 0 Å². The minimum absolute atomic E-state index is 0.424. The molecule has 0 unspecified atom stereocenters. The first-order chi connectivity index (χ1) is 20.0. The molecule has 8 nitrogen and oxygen atoms in total. The molecule has 3 aromatic carbocycles. The van der Waals surface area contributed by atoms with Crippen LogP contribution in [0.3, 0.4) is 0 Å². The highest BCUT2D eigenvalue weighted by atomic mass is 32.1. The second kappa shape index (κ2) is 15.9. The summed E-state index contributed by atoms with van der Waals surface area (Å²) in [6.07, 6.45) is 0. The summed E-state index contributed by atoms with van der Waals surface area (Å²) in [5.74, 6) is 2.49. The van der Waals surface area contributed by atoms with Gasteiger partial charge < -0.3 is 33.5 Å². The van der Waals surface area contributed by atoms with Crippen LogP contribution in [0.4, 0.5) is 10.8 Å². The Balaban J connectivity index is 1.38. The van der Waals surface area contributed by atoms with Crippen LogP contribution in [-0.4, -0.2) is 59.7 Å². The van der Waals surface area contributed by atoms with Crippen molar-refractivity contribution >= 4 is 22.2 Å². The van der Waals surface area contributed by atoms with Crippen LogP contribution in [0.25, 0.3) is 0 Å². The summed E-state index contributed by atoms with van der Waals surface area (Å²) in [5.41, 5.74) is 4.26. The van der Waals surface area contributed by atoms with Crippen molar-refractivity contribution < 1.29 is 23.7 Å². The van der Waals surface area contributed by atoms with E-state index in [0.29, 0.717) is 46.1 Å². The third-order valence-electron chi connectivity index (χ3n) is 6.23. The van der Waals surface area contributed by atoms with E-state index in [2.05, 4.69) is 34.5 Å². The molecule has 0 bridgehead atoms. The highest BCUT2D eigenvalue weighted by Crippen LogP contribution is 2.27. The van der Waals surface area contributed by atoms with E-state index >= 15 is 0 Å². The molecule has 0 N–H and O–H groups in total. The Morgan fingerprint density at radius 2 is 1.37 bits per heavy atom. The molecule has 0 aliphatic rings. The Labute approximate surface area is 247 Å². The smallest absolute Gasteiger partial charge is 0.186 e. The normalized spacial score (nSPS) is 10.8. The van der Waals surface area contributed by atoms with E-state index in [9.17, 15) is 0 Å². The van der Waals surface area contributed by atoms with Gasteiger partial charge in [0.2, 0.25) is 0 Å². The van der Waals surface area contributed by atoms with Gasteiger partial charge in [0.15, 0.2) is 5.13 Å². The number of anilines is 2. The lowest BCUT2D eigenvalue weighted by atomic mass is 10.1. The SMILES string of the molecule is COCCOc1cccc(CN(Cc2cccc(OC)c2)c2nc(COCCOc3cccc(N(C)C)c3)cs2)c1. The van der Waals surface area contributed by atoms with Crippen LogP contribution in [0.5, 0.6) is 17.2 Å². The van der Waals surface area contributed by atoms with Crippen molar-refractivity contribution in [3.63, 3.8) is 0 Å². The van der Waals surface area contributed by atoms with Crippen molar-refractivity contribution in [1.29, 1.82) is 0 Å². The Hall–Kier alpha value is -3.79. The summed E-state index contributed by atoms with van der Waals surface area (Å²) >= 11 is 1.61. The third-order valence-corrected chi connectivity index (χ3v) is 7.18. The number of hydrogen-bond acceptors (Lipinski definition) is 9. The highest BCUT2D eigenvalue weighted by molar-refractivity contribution is 7.13. The van der Waals surface area contributed by atoms with Crippen LogP contribution in [0.1, 0.15) is 16.8 Å². The van der Waals surface area contributed by atoms with Crippen LogP contribution >= 0.6 is 11.3 Å². The highest BCUT2D eigenvalue weighted by Gasteiger charge is 2.14. The minimum Gasteiger partial charge on any atom is -0.497 e. The fourth-order valence-corrected chi connectivity index (χ4v) is 4.94. The minimum atomic E-state index is 0.424. The first kappa shape index (κ1) is 30.2. The van der Waals surface area contributed by atoms with Gasteiger partial charge in [-0.2, -0.15) is 0 Å². The van der Waals surface area contributed by atoms with E-state index in [1.807, 2.05) is 67.5 Å². The average Bonchev–Trinajstić information content (AvgIpc) is 3.46. The van der Waals surface area contributed by atoms with Crippen molar-refractivity contribution in [1.82, 2.24) is 4.98 Å². The van der Waals surface area contributed by atoms with E-state index in [0.717, 1.165) is 44.9 Å². The fraction of sp³-hybridized carbons (Fsp3) is 0.344. The zero-order valence-electron chi connectivity index (χ0n) is 24.2. The summed E-state index contributed by atoms with van der Waals surface area (Å²) in [7, 11) is 7.38. The number of nitrogens with zero attached hydrogens (tertiary/aromatic N) is 3. The Kier molecular flexibility index (Phi) is 11.7. The molecule has 0 radical (unpaired) electrons. The summed E-state index contributed by atoms with van der Waals surface area (Å²) in [6.45, 7) is 3.78. The maximum absolute atomic E-state index is 5.89. The molecule has 0 aliphatic heterocycles. The van der Waals surface area contributed by atoms with E-state index in [-0.39, 0.29) is 0 Å². The predicted molar refractivity (Wildman–Crippen MR) is 165 cm³/mol. The van der Waals surface area contributed by atoms with Gasteiger partial charge in [-0.05, 0) is 47.5 Å². The van der Waals surface area contributed by atoms with Gasteiger partial charge in [0.1, 0.15) is 30.5 Å². The molecule has 0 amide bonds. The number of methoxy groups -OCH3 is 2. The Morgan fingerprint density at radius 1 is 0.732 bits per heavy atom. The number of ether oxygens (including phenoxy) is 5. The molecule has 41 heavy (non-hydrogen) atoms. The molecule has 9 heteroatoms. The molecule has 4 rings (SSSR count). The van der Waals surface area contributed by atoms with Gasteiger partial charge in [-0.25, -0.2) is 4.98 Å². The van der Waals surface area contributed by atoms with Gasteiger partial charge >= 0.3 is 0 Å². The number of benzene rings is 3. The second-order valence-electron chi connectivity index (χ2n) is 9.61. The molecule has 0 spiro atoms. The summed E-state index contributed by atoms with van der Waals surface area (Å²) in [6, 6.07) is 24.3. The first-order valence-electron chi connectivity index (χ1n) is 13.5. The van der Waals surface area contributed by atoms with Gasteiger partial charge in [-0.1, -0.05) is 30.3 Å². The third kappa shape index (κ3) is 9.67. The van der Waals surface area contributed by atoms with Gasteiger partial charge in [0.25, 0.3) is 0 Å². The first-order valence-corrected chi connectivity index (χ1v) is 14.4. The number of rotatable bonds is 17. The van der Waals surface area contributed by atoms with Crippen LogP contribution in [0.2, 0.25) is 0 Å². The lowest BCUT2D eigenvalue weighted by Gasteiger charge is -2.23. The second-order valence-corrected chi connectivity index (χ2v) is 10.4. The Bertz CT molecular complexity index is 1350. The van der Waals surface area contributed by atoms with Crippen LogP contribution < -0.4 is 24.0 Å². The average molecular weight is 578 g/mol. The van der Waals surface area contributed by atoms with Gasteiger partial charge in [0.05, 0.1) is 32.6 Å². The molecule has 0 atom stereocenters. The van der Waals surface area contributed by atoms with Crippen LogP contribution in [0.15, 0.2) is 78.2 Å². The topological polar surface area (TPSA) is 65.5 Å². The Morgan fingerprint density at radius 3 is 2.05 bits per heavy atom. The summed E-state index contributed by atoms with van der Waals surface area (Å²) in [5, 5.41) is 2.98. The van der Waals surface area contributed by atoms with Crippen LogP contribution in [0, 0.1) is 0 Å². The van der Waals surface area contributed by atoms with Gasteiger partial charge in [-0.15, -0.1) is 11.3 Å². The maximum atomic E-state index is 5.89. The molecule has 1 heterocycles. The molecule has 0 saturated carbocycles. The summed E-state index contributed by atoms with van der Waals surface area (Å²) in [4.78, 5) is 9.22. The van der Waals surface area contributed by atoms with Crippen LogP contribution in [-0.2, 0) is 29.2 Å². The van der Waals surface area contributed by atoms with E-state index in [4.69, 9.17) is 28.7 Å². The largest absolute Gasteiger partial charge is 0.497 e. The van der Waals surface area contributed by atoms with Crippen molar-refractivity contribution in [3.05, 3.63) is 95.0 Å². The standard InChI is InChI=1S/C32H39N3O5S/c1-34(2)28-10-7-13-31(20-28)40-17-15-38-23-27-24-41-32(33-27)35(21-25-8-5-11-29(18-25)37-4)22-26-9-6-12-30(19-26)39-16-14-36-3/h5-13,18-20,24H,14-17,21-23H2,1-4H3. The molecule has 0 saturated heterocycles. The van der Waals surface area contributed by atoms with Crippen molar-refractivity contribution in [2.45, 2.75) is 19.7 Å². The van der Waals surface area contributed by atoms with E-state index < -0.39 is 0 Å². The molecule has 1 aromatic heterocycles. The van der Waals surface area contributed by atoms with Gasteiger partial charge in [-0.3, -0.25) is 0 Å². The number of hydrogen-bond donors (Lipinski definition) is 0. The van der Waals surface area contributed by atoms with Crippen molar-refractivity contribution in [3.8, 4) is 17.2 Å².